The van der Waals surface area contributed by atoms with E-state index in [2.05, 4.69) is 4.98 Å². The number of carbonyl (C=O) groups excluding carboxylic acids is 1. The lowest BCUT2D eigenvalue weighted by Crippen LogP contribution is -2.50. The minimum absolute atomic E-state index is 0.0481. The number of nitrogens with zero attached hydrogens (tertiary/aromatic N) is 4. The topological polar surface area (TPSA) is 76.6 Å². The van der Waals surface area contributed by atoms with Crippen molar-refractivity contribution in [2.75, 3.05) is 39.2 Å². The van der Waals surface area contributed by atoms with E-state index in [1.807, 2.05) is 27.7 Å². The van der Waals surface area contributed by atoms with E-state index in [1.54, 1.807) is 21.2 Å². The van der Waals surface area contributed by atoms with Gasteiger partial charge in [0.2, 0.25) is 11.9 Å². The summed E-state index contributed by atoms with van der Waals surface area (Å²) in [5.41, 5.74) is 7.46. The Morgan fingerprint density at radius 3 is 2.88 bits per heavy atom. The van der Waals surface area contributed by atoms with Crippen LogP contribution in [0.2, 0.25) is 0 Å². The van der Waals surface area contributed by atoms with Gasteiger partial charge in [-0.2, -0.15) is 0 Å². The van der Waals surface area contributed by atoms with Gasteiger partial charge in [0.05, 0.1) is 24.2 Å². The van der Waals surface area contributed by atoms with E-state index in [0.717, 1.165) is 11.0 Å². The van der Waals surface area contributed by atoms with Gasteiger partial charge in [-0.05, 0) is 18.6 Å². The number of fused-ring (bicyclic) bond motifs is 1. The molecule has 0 aliphatic carbocycles. The smallest absolute Gasteiger partial charge is 0.242 e. The average molecular weight is 349 g/mol. The van der Waals surface area contributed by atoms with Crippen LogP contribution in [0, 0.1) is 0 Å². The fraction of sp³-hybridized carbons (Fsp3) is 0.529. The van der Waals surface area contributed by atoms with Crippen molar-refractivity contribution < 1.29 is 13.9 Å². The molecular formula is C17H24FN5O2. The maximum Gasteiger partial charge on any atom is 0.242 e. The third-order valence-corrected chi connectivity index (χ3v) is 4.58. The number of likely N-dealkylation sites (N-methyl/N-ethyl adjacent to an activating group) is 1. The summed E-state index contributed by atoms with van der Waals surface area (Å²) in [6.45, 7) is 1.04. The van der Waals surface area contributed by atoms with E-state index < -0.39 is 12.2 Å². The minimum Gasteiger partial charge on any atom is -0.497 e. The van der Waals surface area contributed by atoms with Gasteiger partial charge in [0.15, 0.2) is 0 Å². The lowest BCUT2D eigenvalue weighted by Gasteiger charge is -2.34. The first-order valence-corrected chi connectivity index (χ1v) is 8.29. The summed E-state index contributed by atoms with van der Waals surface area (Å²) in [4.78, 5) is 20.5. The molecule has 3 rings (SSSR count). The molecule has 2 heterocycles. The Morgan fingerprint density at radius 2 is 2.24 bits per heavy atom. The third kappa shape index (κ3) is 3.39. The summed E-state index contributed by atoms with van der Waals surface area (Å²) in [6.07, 6.45) is -0.646. The molecule has 1 aromatic heterocycles. The van der Waals surface area contributed by atoms with Crippen molar-refractivity contribution in [1.82, 2.24) is 14.5 Å². The first-order valence-electron chi connectivity index (χ1n) is 8.29. The molecule has 1 aliphatic rings. The zero-order valence-corrected chi connectivity index (χ0v) is 14.8. The molecule has 0 radical (unpaired) electrons. The molecule has 1 saturated heterocycles. The van der Waals surface area contributed by atoms with E-state index in [-0.39, 0.29) is 12.5 Å². The van der Waals surface area contributed by atoms with E-state index in [1.165, 1.54) is 4.90 Å². The lowest BCUT2D eigenvalue weighted by atomic mass is 10.1. The van der Waals surface area contributed by atoms with Crippen LogP contribution in [-0.4, -0.2) is 66.9 Å². The largest absolute Gasteiger partial charge is 0.497 e. The second-order valence-corrected chi connectivity index (χ2v) is 6.56. The van der Waals surface area contributed by atoms with Crippen LogP contribution in [0.15, 0.2) is 18.2 Å². The van der Waals surface area contributed by atoms with E-state index in [9.17, 15) is 9.18 Å². The average Bonchev–Trinajstić information content (AvgIpc) is 2.95. The van der Waals surface area contributed by atoms with Crippen LogP contribution in [-0.2, 0) is 11.3 Å². The molecule has 2 N–H and O–H groups in total. The normalized spacial score (nSPS) is 20.8. The van der Waals surface area contributed by atoms with Crippen LogP contribution in [0.25, 0.3) is 11.0 Å². The number of piperidine rings is 1. The van der Waals surface area contributed by atoms with Crippen molar-refractivity contribution in [3.8, 4) is 5.75 Å². The number of rotatable bonds is 4. The fourth-order valence-electron chi connectivity index (χ4n) is 3.03. The highest BCUT2D eigenvalue weighted by molar-refractivity contribution is 5.84. The number of ether oxygens (including phenoxy) is 1. The summed E-state index contributed by atoms with van der Waals surface area (Å²) < 4.78 is 20.9. The number of imidazole rings is 1. The maximum atomic E-state index is 13.7. The standard InChI is InChI=1S/C17H24FN5O2/c1-21(2)16(24)10-23-15-8-11(25-3)4-5-14(15)20-17(23)22-7-6-12(18)13(19)9-22/h4-5,8,12-13H,6-7,9-10,19H2,1-3H3/t12-,13-/m1/s1. The minimum atomic E-state index is -1.00. The number of nitrogens with two attached hydrogens (primary N) is 1. The summed E-state index contributed by atoms with van der Waals surface area (Å²) in [7, 11) is 5.03. The molecule has 136 valence electrons. The molecule has 0 bridgehead atoms. The number of amides is 1. The van der Waals surface area contributed by atoms with Crippen LogP contribution >= 0.6 is 0 Å². The predicted octanol–water partition coefficient (Wildman–Crippen LogP) is 1.01. The molecule has 0 unspecified atom stereocenters. The number of hydrogen-bond acceptors (Lipinski definition) is 5. The SMILES string of the molecule is COc1ccc2nc(N3CC[C@@H](F)[C@H](N)C3)n(CC(=O)N(C)C)c2c1. The number of benzene rings is 1. The van der Waals surface area contributed by atoms with E-state index in [4.69, 9.17) is 10.5 Å². The molecule has 0 spiro atoms. The Hall–Kier alpha value is -2.35. The number of alkyl halides is 1. The molecular weight excluding hydrogens is 325 g/mol. The van der Waals surface area contributed by atoms with Crippen molar-refractivity contribution in [3.63, 3.8) is 0 Å². The van der Waals surface area contributed by atoms with Crippen LogP contribution in [0.1, 0.15) is 6.42 Å². The van der Waals surface area contributed by atoms with Gasteiger partial charge >= 0.3 is 0 Å². The maximum absolute atomic E-state index is 13.7. The molecule has 8 heteroatoms. The van der Waals surface area contributed by atoms with Crippen molar-refractivity contribution >= 4 is 22.9 Å². The monoisotopic (exact) mass is 349 g/mol. The molecule has 2 atom stereocenters. The van der Waals surface area contributed by atoms with Gasteiger partial charge in [-0.3, -0.25) is 4.79 Å². The van der Waals surface area contributed by atoms with Crippen molar-refractivity contribution in [1.29, 1.82) is 0 Å². The Labute approximate surface area is 146 Å². The summed E-state index contributed by atoms with van der Waals surface area (Å²) in [5.74, 6) is 1.28. The zero-order valence-electron chi connectivity index (χ0n) is 14.8. The van der Waals surface area contributed by atoms with Crippen molar-refractivity contribution in [2.24, 2.45) is 5.73 Å². The quantitative estimate of drug-likeness (QED) is 0.891. The third-order valence-electron chi connectivity index (χ3n) is 4.58. The van der Waals surface area contributed by atoms with Crippen LogP contribution in [0.5, 0.6) is 5.75 Å². The van der Waals surface area contributed by atoms with Crippen LogP contribution < -0.4 is 15.4 Å². The van der Waals surface area contributed by atoms with Gasteiger partial charge in [0, 0.05) is 33.3 Å². The Bertz CT molecular complexity index is 776. The van der Waals surface area contributed by atoms with E-state index in [0.29, 0.717) is 31.2 Å². The molecule has 1 fully saturated rings. The molecule has 2 aromatic rings. The lowest BCUT2D eigenvalue weighted by molar-refractivity contribution is -0.129. The zero-order chi connectivity index (χ0) is 18.1. The van der Waals surface area contributed by atoms with Gasteiger partial charge < -0.3 is 24.8 Å². The van der Waals surface area contributed by atoms with Gasteiger partial charge in [0.1, 0.15) is 18.5 Å². The molecule has 25 heavy (non-hydrogen) atoms. The number of anilines is 1. The van der Waals surface area contributed by atoms with Crippen LogP contribution in [0.3, 0.4) is 0 Å². The number of carbonyl (C=O) groups is 1. The number of methoxy groups -OCH3 is 1. The number of hydrogen-bond donors (Lipinski definition) is 1. The highest BCUT2D eigenvalue weighted by Gasteiger charge is 2.29. The molecule has 1 aromatic carbocycles. The highest BCUT2D eigenvalue weighted by atomic mass is 19.1. The Kier molecular flexibility index (Phi) is 4.80. The van der Waals surface area contributed by atoms with Crippen LogP contribution in [0.4, 0.5) is 10.3 Å². The predicted molar refractivity (Wildman–Crippen MR) is 94.7 cm³/mol. The van der Waals surface area contributed by atoms with Gasteiger partial charge in [-0.1, -0.05) is 0 Å². The van der Waals surface area contributed by atoms with Crippen molar-refractivity contribution in [3.05, 3.63) is 18.2 Å². The van der Waals surface area contributed by atoms with Crippen molar-refractivity contribution in [2.45, 2.75) is 25.2 Å². The van der Waals surface area contributed by atoms with Gasteiger partial charge in [-0.15, -0.1) is 0 Å². The fourth-order valence-corrected chi connectivity index (χ4v) is 3.03. The second-order valence-electron chi connectivity index (χ2n) is 6.56. The Balaban J connectivity index is 2.05. The molecule has 0 saturated carbocycles. The molecule has 1 amide bonds. The Morgan fingerprint density at radius 1 is 1.48 bits per heavy atom. The summed E-state index contributed by atoms with van der Waals surface area (Å²) in [6, 6.07) is 4.99. The summed E-state index contributed by atoms with van der Waals surface area (Å²) >= 11 is 0. The number of halogens is 1. The molecule has 7 nitrogen and oxygen atoms in total. The molecule has 1 aliphatic heterocycles. The van der Waals surface area contributed by atoms with Gasteiger partial charge in [-0.25, -0.2) is 9.37 Å². The summed E-state index contributed by atoms with van der Waals surface area (Å²) in [5, 5.41) is 0. The first kappa shape index (κ1) is 17.5. The number of aromatic nitrogens is 2. The van der Waals surface area contributed by atoms with Gasteiger partial charge in [0.25, 0.3) is 0 Å². The second kappa shape index (κ2) is 6.87. The highest BCUT2D eigenvalue weighted by Crippen LogP contribution is 2.28. The first-order chi connectivity index (χ1) is 11.9. The van der Waals surface area contributed by atoms with E-state index >= 15 is 0 Å².